The molecule has 1 aromatic rings. The van der Waals surface area contributed by atoms with Gasteiger partial charge in [-0.2, -0.15) is 0 Å². The molecule has 0 amide bonds. The first-order chi connectivity index (χ1) is 9.96. The molecule has 0 aliphatic carbocycles. The number of aliphatic hydroxyl groups excluding tert-OH is 1. The average Bonchev–Trinajstić information content (AvgIpc) is 2.42. The number of benzene rings is 1. The van der Waals surface area contributed by atoms with Gasteiger partial charge in [0.1, 0.15) is 17.6 Å². The van der Waals surface area contributed by atoms with Crippen LogP contribution in [0.5, 0.6) is 11.5 Å². The minimum absolute atomic E-state index is 0.0503. The van der Waals surface area contributed by atoms with E-state index in [2.05, 4.69) is 9.64 Å². The summed E-state index contributed by atoms with van der Waals surface area (Å²) < 4.78 is 45.7. The van der Waals surface area contributed by atoms with Crippen molar-refractivity contribution in [2.45, 2.75) is 25.3 Å². The monoisotopic (exact) mass is 305 g/mol. The van der Waals surface area contributed by atoms with Gasteiger partial charge in [-0.15, -0.1) is 13.2 Å². The lowest BCUT2D eigenvalue weighted by Gasteiger charge is -2.31. The van der Waals surface area contributed by atoms with Gasteiger partial charge < -0.3 is 19.5 Å². The zero-order chi connectivity index (χ0) is 15.3. The molecule has 1 aromatic carbocycles. The highest BCUT2D eigenvalue weighted by Crippen LogP contribution is 2.26. The zero-order valence-electron chi connectivity index (χ0n) is 11.5. The maximum absolute atomic E-state index is 12.0. The van der Waals surface area contributed by atoms with Crippen LogP contribution < -0.4 is 9.47 Å². The number of aliphatic hydroxyl groups is 1. The minimum Gasteiger partial charge on any atom is -0.490 e. The first kappa shape index (κ1) is 15.9. The van der Waals surface area contributed by atoms with E-state index < -0.39 is 6.36 Å². The molecule has 1 heterocycles. The highest BCUT2D eigenvalue weighted by atomic mass is 19.4. The summed E-state index contributed by atoms with van der Waals surface area (Å²) in [5.41, 5.74) is 0. The second-order valence-corrected chi connectivity index (χ2v) is 4.90. The third-order valence-electron chi connectivity index (χ3n) is 3.31. The molecule has 118 valence electrons. The summed E-state index contributed by atoms with van der Waals surface area (Å²) in [5, 5.41) is 8.86. The smallest absolute Gasteiger partial charge is 0.490 e. The fourth-order valence-corrected chi connectivity index (χ4v) is 2.30. The third kappa shape index (κ3) is 5.43. The molecule has 4 nitrogen and oxygen atoms in total. The Morgan fingerprint density at radius 2 is 1.67 bits per heavy atom. The van der Waals surface area contributed by atoms with E-state index in [-0.39, 0.29) is 18.5 Å². The van der Waals surface area contributed by atoms with Gasteiger partial charge in [0.05, 0.1) is 6.61 Å². The van der Waals surface area contributed by atoms with E-state index in [1.165, 1.54) is 24.3 Å². The maximum atomic E-state index is 12.0. The van der Waals surface area contributed by atoms with Crippen molar-refractivity contribution in [2.24, 2.45) is 0 Å². The lowest BCUT2D eigenvalue weighted by atomic mass is 10.1. The molecule has 2 rings (SSSR count). The quantitative estimate of drug-likeness (QED) is 0.907. The van der Waals surface area contributed by atoms with Gasteiger partial charge in [-0.25, -0.2) is 0 Å². The van der Waals surface area contributed by atoms with Crippen LogP contribution >= 0.6 is 0 Å². The molecule has 1 aliphatic heterocycles. The molecular formula is C14H18F3NO3. The van der Waals surface area contributed by atoms with Crippen LogP contribution in [-0.4, -0.2) is 48.7 Å². The van der Waals surface area contributed by atoms with Crippen LogP contribution in [0.1, 0.15) is 12.8 Å². The van der Waals surface area contributed by atoms with Crippen molar-refractivity contribution < 1.29 is 27.8 Å². The lowest BCUT2D eigenvalue weighted by molar-refractivity contribution is -0.274. The fraction of sp³-hybridized carbons (Fsp3) is 0.571. The Morgan fingerprint density at radius 3 is 2.19 bits per heavy atom. The van der Waals surface area contributed by atoms with Gasteiger partial charge in [0, 0.05) is 19.6 Å². The van der Waals surface area contributed by atoms with E-state index in [1.807, 2.05) is 0 Å². The van der Waals surface area contributed by atoms with E-state index in [1.54, 1.807) is 0 Å². The maximum Gasteiger partial charge on any atom is 0.573 e. The number of piperidine rings is 1. The molecular weight excluding hydrogens is 287 g/mol. The molecule has 1 saturated heterocycles. The van der Waals surface area contributed by atoms with Gasteiger partial charge in [-0.3, -0.25) is 0 Å². The number of hydrogen-bond donors (Lipinski definition) is 1. The molecule has 1 fully saturated rings. The SMILES string of the molecule is OCCN1CCC(Oc2ccc(OC(F)(F)F)cc2)CC1. The van der Waals surface area contributed by atoms with E-state index in [4.69, 9.17) is 9.84 Å². The van der Waals surface area contributed by atoms with Crippen LogP contribution in [0.4, 0.5) is 13.2 Å². The van der Waals surface area contributed by atoms with Crippen LogP contribution in [0.25, 0.3) is 0 Å². The standard InChI is InChI=1S/C14H18F3NO3/c15-14(16,17)21-13-3-1-11(2-4-13)20-12-5-7-18(8-6-12)9-10-19/h1-4,12,19H,5-10H2. The van der Waals surface area contributed by atoms with Gasteiger partial charge in [0.15, 0.2) is 0 Å². The van der Waals surface area contributed by atoms with Crippen molar-refractivity contribution >= 4 is 0 Å². The van der Waals surface area contributed by atoms with Gasteiger partial charge in [-0.1, -0.05) is 0 Å². The molecule has 0 saturated carbocycles. The molecule has 21 heavy (non-hydrogen) atoms. The Balaban J connectivity index is 1.81. The average molecular weight is 305 g/mol. The predicted molar refractivity (Wildman–Crippen MR) is 70.3 cm³/mol. The van der Waals surface area contributed by atoms with E-state index in [0.717, 1.165) is 25.9 Å². The second kappa shape index (κ2) is 7.00. The predicted octanol–water partition coefficient (Wildman–Crippen LogP) is 2.42. The first-order valence-corrected chi connectivity index (χ1v) is 6.82. The number of rotatable bonds is 5. The second-order valence-electron chi connectivity index (χ2n) is 4.90. The molecule has 1 N–H and O–H groups in total. The summed E-state index contributed by atoms with van der Waals surface area (Å²) in [6.45, 7) is 2.50. The van der Waals surface area contributed by atoms with Gasteiger partial charge in [0.25, 0.3) is 0 Å². The third-order valence-corrected chi connectivity index (χ3v) is 3.31. The van der Waals surface area contributed by atoms with Crippen LogP contribution in [0, 0.1) is 0 Å². The molecule has 1 aliphatic rings. The number of nitrogens with zero attached hydrogens (tertiary/aromatic N) is 1. The summed E-state index contributed by atoms with van der Waals surface area (Å²) in [6.07, 6.45) is -2.96. The van der Waals surface area contributed by atoms with Gasteiger partial charge >= 0.3 is 6.36 Å². The van der Waals surface area contributed by atoms with Crippen molar-refractivity contribution in [1.29, 1.82) is 0 Å². The van der Waals surface area contributed by atoms with Crippen molar-refractivity contribution in [3.8, 4) is 11.5 Å². The van der Waals surface area contributed by atoms with Crippen molar-refractivity contribution in [1.82, 2.24) is 4.90 Å². The van der Waals surface area contributed by atoms with Crippen LogP contribution in [0.15, 0.2) is 24.3 Å². The summed E-state index contributed by atoms with van der Waals surface area (Å²) in [5.74, 6) is 0.276. The van der Waals surface area contributed by atoms with Crippen molar-refractivity contribution in [3.05, 3.63) is 24.3 Å². The Labute approximate surface area is 121 Å². The van der Waals surface area contributed by atoms with E-state index in [9.17, 15) is 13.2 Å². The van der Waals surface area contributed by atoms with E-state index >= 15 is 0 Å². The minimum atomic E-state index is -4.68. The van der Waals surface area contributed by atoms with Crippen LogP contribution in [0.2, 0.25) is 0 Å². The van der Waals surface area contributed by atoms with Crippen molar-refractivity contribution in [3.63, 3.8) is 0 Å². The number of β-amino-alcohol motifs (C(OH)–C–C–N with tert-alkyl or cyclic N) is 1. The number of hydrogen-bond acceptors (Lipinski definition) is 4. The molecule has 7 heteroatoms. The fourth-order valence-electron chi connectivity index (χ4n) is 2.30. The summed E-state index contributed by atoms with van der Waals surface area (Å²) in [4.78, 5) is 2.15. The number of ether oxygens (including phenoxy) is 2. The Hall–Kier alpha value is -1.47. The zero-order valence-corrected chi connectivity index (χ0v) is 11.5. The van der Waals surface area contributed by atoms with E-state index in [0.29, 0.717) is 12.3 Å². The Kier molecular flexibility index (Phi) is 5.30. The summed E-state index contributed by atoms with van der Waals surface area (Å²) in [6, 6.07) is 5.43. The molecule has 0 spiro atoms. The highest BCUT2D eigenvalue weighted by Gasteiger charge is 2.31. The van der Waals surface area contributed by atoms with Gasteiger partial charge in [-0.05, 0) is 37.1 Å². The van der Waals surface area contributed by atoms with Crippen LogP contribution in [0.3, 0.4) is 0 Å². The van der Waals surface area contributed by atoms with Crippen molar-refractivity contribution in [2.75, 3.05) is 26.2 Å². The number of halogens is 3. The Morgan fingerprint density at radius 1 is 1.10 bits per heavy atom. The summed E-state index contributed by atoms with van der Waals surface area (Å²) in [7, 11) is 0. The largest absolute Gasteiger partial charge is 0.573 e. The molecule has 0 atom stereocenters. The topological polar surface area (TPSA) is 41.9 Å². The number of likely N-dealkylation sites (tertiary alicyclic amines) is 1. The molecule has 0 unspecified atom stereocenters. The Bertz CT molecular complexity index is 428. The summed E-state index contributed by atoms with van der Waals surface area (Å²) >= 11 is 0. The normalized spacial score (nSPS) is 17.7. The highest BCUT2D eigenvalue weighted by molar-refractivity contribution is 5.31. The van der Waals surface area contributed by atoms with Crippen LogP contribution in [-0.2, 0) is 0 Å². The molecule has 0 radical (unpaired) electrons. The lowest BCUT2D eigenvalue weighted by Crippen LogP contribution is -2.39. The number of alkyl halides is 3. The molecule has 0 aromatic heterocycles. The van der Waals surface area contributed by atoms with Gasteiger partial charge in [0.2, 0.25) is 0 Å². The molecule has 0 bridgehead atoms. The first-order valence-electron chi connectivity index (χ1n) is 6.82.